The van der Waals surface area contributed by atoms with Gasteiger partial charge in [-0.25, -0.2) is 8.78 Å². The summed E-state index contributed by atoms with van der Waals surface area (Å²) in [5.41, 5.74) is 7.76. The molecular formula is C41H32F2. The van der Waals surface area contributed by atoms with Crippen LogP contribution in [0.5, 0.6) is 0 Å². The Labute approximate surface area is 251 Å². The normalized spacial score (nSPS) is 15.5. The van der Waals surface area contributed by atoms with Crippen LogP contribution in [0.1, 0.15) is 36.8 Å². The van der Waals surface area contributed by atoms with E-state index in [-0.39, 0.29) is 11.7 Å². The van der Waals surface area contributed by atoms with Gasteiger partial charge in [0.1, 0.15) is 12.5 Å². The molecule has 0 bridgehead atoms. The average Bonchev–Trinajstić information content (AvgIpc) is 3.06. The number of benzene rings is 6. The second-order valence-electron chi connectivity index (χ2n) is 11.2. The highest BCUT2D eigenvalue weighted by Crippen LogP contribution is 2.47. The van der Waals surface area contributed by atoms with Gasteiger partial charge < -0.3 is 0 Å². The van der Waals surface area contributed by atoms with Gasteiger partial charge in [-0.15, -0.1) is 0 Å². The lowest BCUT2D eigenvalue weighted by atomic mass is 9.80. The minimum absolute atomic E-state index is 0.258. The second-order valence-corrected chi connectivity index (χ2v) is 11.2. The monoisotopic (exact) mass is 562 g/mol. The number of alkyl halides is 1. The highest BCUT2D eigenvalue weighted by molar-refractivity contribution is 6.29. The molecule has 1 unspecified atom stereocenters. The van der Waals surface area contributed by atoms with E-state index in [2.05, 4.69) is 104 Å². The molecule has 1 aliphatic carbocycles. The maximum Gasteiger partial charge on any atom is 0.123 e. The molecule has 0 heterocycles. The van der Waals surface area contributed by atoms with Gasteiger partial charge in [-0.1, -0.05) is 116 Å². The van der Waals surface area contributed by atoms with Gasteiger partial charge >= 0.3 is 0 Å². The molecule has 0 fully saturated rings. The van der Waals surface area contributed by atoms with E-state index in [0.29, 0.717) is 0 Å². The molecule has 0 nitrogen and oxygen atoms in total. The van der Waals surface area contributed by atoms with Crippen LogP contribution in [0.25, 0.3) is 60.1 Å². The van der Waals surface area contributed by atoms with Gasteiger partial charge in [0.15, 0.2) is 0 Å². The summed E-state index contributed by atoms with van der Waals surface area (Å²) in [6, 6.07) is 31.0. The summed E-state index contributed by atoms with van der Waals surface area (Å²) in [5, 5.41) is 7.16. The first-order chi connectivity index (χ1) is 21.2. The minimum Gasteiger partial charge on any atom is -0.247 e. The van der Waals surface area contributed by atoms with Crippen LogP contribution in [-0.4, -0.2) is 6.67 Å². The predicted octanol–water partition coefficient (Wildman–Crippen LogP) is 12.0. The van der Waals surface area contributed by atoms with Crippen LogP contribution in [0.15, 0.2) is 134 Å². The molecule has 210 valence electrons. The molecule has 2 heteroatoms. The number of hydrogen-bond acceptors (Lipinski definition) is 0. The molecule has 0 N–H and O–H groups in total. The summed E-state index contributed by atoms with van der Waals surface area (Å²) in [6.07, 6.45) is 16.2. The molecule has 1 atom stereocenters. The van der Waals surface area contributed by atoms with Crippen LogP contribution in [0.4, 0.5) is 8.78 Å². The molecule has 0 aromatic heterocycles. The van der Waals surface area contributed by atoms with E-state index in [4.69, 9.17) is 0 Å². The van der Waals surface area contributed by atoms with E-state index >= 15 is 0 Å². The van der Waals surface area contributed by atoms with E-state index in [0.717, 1.165) is 45.9 Å². The van der Waals surface area contributed by atoms with Crippen LogP contribution in [0.3, 0.4) is 0 Å². The zero-order valence-corrected chi connectivity index (χ0v) is 24.2. The van der Waals surface area contributed by atoms with Crippen LogP contribution in [0.2, 0.25) is 0 Å². The fourth-order valence-corrected chi connectivity index (χ4v) is 6.76. The summed E-state index contributed by atoms with van der Waals surface area (Å²) in [7, 11) is 0. The Balaban J connectivity index is 1.66. The third kappa shape index (κ3) is 4.77. The smallest absolute Gasteiger partial charge is 0.123 e. The zero-order chi connectivity index (χ0) is 29.3. The summed E-state index contributed by atoms with van der Waals surface area (Å²) in [5.74, 6) is 0.0157. The van der Waals surface area contributed by atoms with E-state index in [9.17, 15) is 8.78 Å². The topological polar surface area (TPSA) is 0 Å². The van der Waals surface area contributed by atoms with E-state index in [1.165, 1.54) is 50.4 Å². The lowest BCUT2D eigenvalue weighted by Gasteiger charge is -2.24. The molecule has 1 aliphatic rings. The SMILES string of the molecule is CC/C=C(\C=C/CF)c1cc(-c2ccc(F)cc2)c2ccc3c(C4C=CC=CC4)cc(-c4ccccc4)c4ccc1c2c43. The summed E-state index contributed by atoms with van der Waals surface area (Å²) in [6.45, 7) is 1.58. The van der Waals surface area contributed by atoms with Crippen LogP contribution in [0, 0.1) is 5.82 Å². The Morgan fingerprint density at radius 1 is 0.767 bits per heavy atom. The number of hydrogen-bond donors (Lipinski definition) is 0. The minimum atomic E-state index is -0.523. The second kappa shape index (κ2) is 11.5. The van der Waals surface area contributed by atoms with Crippen molar-refractivity contribution < 1.29 is 8.78 Å². The summed E-state index contributed by atoms with van der Waals surface area (Å²) in [4.78, 5) is 0. The zero-order valence-electron chi connectivity index (χ0n) is 24.2. The molecule has 0 aliphatic heterocycles. The largest absolute Gasteiger partial charge is 0.247 e. The van der Waals surface area contributed by atoms with Gasteiger partial charge in [0.25, 0.3) is 0 Å². The van der Waals surface area contributed by atoms with Crippen LogP contribution >= 0.6 is 0 Å². The molecule has 6 aromatic carbocycles. The Morgan fingerprint density at radius 3 is 2.14 bits per heavy atom. The average molecular weight is 563 g/mol. The van der Waals surface area contributed by atoms with Crippen molar-refractivity contribution in [3.8, 4) is 22.3 Å². The standard InChI is InChI=1S/C41H32F2/c1-2-10-27(15-9-24-42)36-25-39(30-16-18-31(43)19-17-30)35-23-22-34-38(29-13-7-4-8-14-29)26-37(28-11-5-3-6-12-28)33-21-20-32(36)40(35)41(33)34/h3-13,15-23,25-26,29H,2,14,24H2,1H3/b15-9-,27-10+. The highest BCUT2D eigenvalue weighted by atomic mass is 19.1. The van der Waals surface area contributed by atoms with Crippen molar-refractivity contribution >= 4 is 37.9 Å². The van der Waals surface area contributed by atoms with E-state index < -0.39 is 6.67 Å². The Morgan fingerprint density at radius 2 is 1.44 bits per heavy atom. The van der Waals surface area contributed by atoms with Crippen LogP contribution in [-0.2, 0) is 0 Å². The third-order valence-corrected chi connectivity index (χ3v) is 8.67. The fraction of sp³-hybridized carbons (Fsp3) is 0.122. The van der Waals surface area contributed by atoms with Crippen molar-refractivity contribution in [1.82, 2.24) is 0 Å². The van der Waals surface area contributed by atoms with E-state index in [1.54, 1.807) is 6.08 Å². The van der Waals surface area contributed by atoms with Gasteiger partial charge in [-0.05, 0) is 108 Å². The first kappa shape index (κ1) is 27.0. The third-order valence-electron chi connectivity index (χ3n) is 8.67. The van der Waals surface area contributed by atoms with Crippen molar-refractivity contribution in [1.29, 1.82) is 0 Å². The first-order valence-electron chi connectivity index (χ1n) is 15.0. The Kier molecular flexibility index (Phi) is 7.20. The Hall–Kier alpha value is -4.82. The van der Waals surface area contributed by atoms with Gasteiger partial charge in [-0.3, -0.25) is 0 Å². The molecule has 0 saturated heterocycles. The lowest BCUT2D eigenvalue weighted by Crippen LogP contribution is -2.01. The summed E-state index contributed by atoms with van der Waals surface area (Å²) >= 11 is 0. The predicted molar refractivity (Wildman–Crippen MR) is 180 cm³/mol. The molecule has 6 aromatic rings. The van der Waals surface area contributed by atoms with Crippen molar-refractivity contribution in [3.05, 3.63) is 150 Å². The molecule has 7 rings (SSSR count). The molecular weight excluding hydrogens is 530 g/mol. The van der Waals surface area contributed by atoms with Crippen molar-refractivity contribution in [2.75, 3.05) is 6.67 Å². The van der Waals surface area contributed by atoms with Crippen molar-refractivity contribution in [2.45, 2.75) is 25.7 Å². The quantitative estimate of drug-likeness (QED) is 0.134. The molecule has 0 saturated carbocycles. The molecule has 0 radical (unpaired) electrons. The van der Waals surface area contributed by atoms with Gasteiger partial charge in [0.05, 0.1) is 0 Å². The maximum atomic E-state index is 14.1. The fourth-order valence-electron chi connectivity index (χ4n) is 6.76. The van der Waals surface area contributed by atoms with Crippen molar-refractivity contribution in [3.63, 3.8) is 0 Å². The highest BCUT2D eigenvalue weighted by Gasteiger charge is 2.22. The Bertz CT molecular complexity index is 2060. The lowest BCUT2D eigenvalue weighted by molar-refractivity contribution is 0.562. The first-order valence-corrected chi connectivity index (χ1v) is 15.0. The number of rotatable bonds is 7. The van der Waals surface area contributed by atoms with Gasteiger partial charge in [0, 0.05) is 5.92 Å². The molecule has 0 amide bonds. The molecule has 0 spiro atoms. The van der Waals surface area contributed by atoms with E-state index in [1.807, 2.05) is 18.2 Å². The molecule has 43 heavy (non-hydrogen) atoms. The van der Waals surface area contributed by atoms with Crippen LogP contribution < -0.4 is 0 Å². The number of allylic oxidation sites excluding steroid dienone is 8. The number of halogens is 2. The summed E-state index contributed by atoms with van der Waals surface area (Å²) < 4.78 is 27.4. The van der Waals surface area contributed by atoms with Gasteiger partial charge in [0.2, 0.25) is 0 Å². The van der Waals surface area contributed by atoms with Gasteiger partial charge in [-0.2, -0.15) is 0 Å². The maximum absolute atomic E-state index is 14.1. The van der Waals surface area contributed by atoms with Crippen molar-refractivity contribution in [2.24, 2.45) is 0 Å².